The number of methoxy groups -OCH3 is 1. The van der Waals surface area contributed by atoms with Crippen molar-refractivity contribution in [3.63, 3.8) is 0 Å². The highest BCUT2D eigenvalue weighted by Crippen LogP contribution is 1.97. The molecule has 23 nitrogen and oxygen atoms in total. The molecule has 0 aromatic rings. The fourth-order valence-electron chi connectivity index (χ4n) is 5.24. The number of hydrogen-bond acceptors (Lipinski definition) is 17. The van der Waals surface area contributed by atoms with Gasteiger partial charge in [0.05, 0.1) is 44.6 Å². The largest absolute Gasteiger partial charge is 0.382 e. The van der Waals surface area contributed by atoms with Gasteiger partial charge in [-0.2, -0.15) is 0 Å². The third kappa shape index (κ3) is 51.8. The van der Waals surface area contributed by atoms with Crippen molar-refractivity contribution in [3.05, 3.63) is 0 Å². The SMILES string of the molecule is CCCNCCNC(=O)CCC(N)C(=O)NCCC.CCCNCCNC(=O)CCC(N)C(=O)NCCCOCCOC.CCOCCOCCCNC(=O)C(N)CCC(=O)NCCNCCN. The van der Waals surface area contributed by atoms with Crippen LogP contribution in [0.1, 0.15) is 98.3 Å². The van der Waals surface area contributed by atoms with Crippen molar-refractivity contribution in [3.8, 4) is 0 Å². The van der Waals surface area contributed by atoms with Gasteiger partial charge in [-0.1, -0.05) is 20.8 Å². The fourth-order valence-corrected chi connectivity index (χ4v) is 5.24. The molecular formula is C45H97N13O10. The van der Waals surface area contributed by atoms with E-state index in [2.05, 4.69) is 61.7 Å². The summed E-state index contributed by atoms with van der Waals surface area (Å²) in [5.41, 5.74) is 22.6. The molecule has 0 aliphatic heterocycles. The Kier molecular flexibility index (Phi) is 54.8. The first-order valence-electron chi connectivity index (χ1n) is 24.8. The smallest absolute Gasteiger partial charge is 0.236 e. The van der Waals surface area contributed by atoms with Crippen molar-refractivity contribution < 1.29 is 47.7 Å². The van der Waals surface area contributed by atoms with E-state index in [-0.39, 0.29) is 54.7 Å². The minimum atomic E-state index is -0.681. The number of nitrogens with two attached hydrogens (primary N) is 4. The zero-order chi connectivity index (χ0) is 51.3. The van der Waals surface area contributed by atoms with Crippen molar-refractivity contribution in [2.24, 2.45) is 22.9 Å². The molecule has 0 aromatic carbocycles. The van der Waals surface area contributed by atoms with Crippen LogP contribution in [0, 0.1) is 0 Å². The Balaban J connectivity index is -0.000000941. The number of carbonyl (C=O) groups is 6. The first-order valence-corrected chi connectivity index (χ1v) is 24.8. The van der Waals surface area contributed by atoms with Gasteiger partial charge in [-0.25, -0.2) is 0 Å². The molecule has 3 atom stereocenters. The van der Waals surface area contributed by atoms with Crippen molar-refractivity contribution in [1.82, 2.24) is 47.9 Å². The Morgan fingerprint density at radius 1 is 0.412 bits per heavy atom. The monoisotopic (exact) mass is 980 g/mol. The molecule has 0 bridgehead atoms. The summed E-state index contributed by atoms with van der Waals surface area (Å²) in [6.07, 6.45) is 6.25. The van der Waals surface area contributed by atoms with E-state index in [1.807, 2.05) is 13.8 Å². The lowest BCUT2D eigenvalue weighted by Crippen LogP contribution is -2.42. The Hall–Kier alpha value is -3.62. The number of nitrogens with one attached hydrogen (secondary N) is 9. The van der Waals surface area contributed by atoms with Gasteiger partial charge in [-0.15, -0.1) is 0 Å². The van der Waals surface area contributed by atoms with E-state index in [1.165, 1.54) is 0 Å². The molecule has 0 aromatic heterocycles. The maximum atomic E-state index is 11.8. The van der Waals surface area contributed by atoms with Gasteiger partial charge in [-0.05, 0) is 71.4 Å². The lowest BCUT2D eigenvalue weighted by atomic mass is 10.1. The van der Waals surface area contributed by atoms with E-state index in [0.29, 0.717) is 131 Å². The van der Waals surface area contributed by atoms with E-state index in [0.717, 1.165) is 52.0 Å². The van der Waals surface area contributed by atoms with E-state index in [9.17, 15) is 28.8 Å². The van der Waals surface area contributed by atoms with Crippen LogP contribution < -0.4 is 70.8 Å². The molecule has 0 radical (unpaired) electrons. The summed E-state index contributed by atoms with van der Waals surface area (Å²) >= 11 is 0. The first-order chi connectivity index (χ1) is 32.8. The molecule has 3 unspecified atom stereocenters. The number of rotatable bonds is 44. The van der Waals surface area contributed by atoms with Crippen LogP contribution in [0.2, 0.25) is 0 Å². The normalized spacial score (nSPS) is 12.0. The summed E-state index contributed by atoms with van der Waals surface area (Å²) in [7, 11) is 1.62. The average molecular weight is 980 g/mol. The van der Waals surface area contributed by atoms with E-state index in [1.54, 1.807) is 7.11 Å². The summed E-state index contributed by atoms with van der Waals surface area (Å²) in [5.74, 6) is -0.907. The minimum Gasteiger partial charge on any atom is -0.382 e. The fraction of sp³-hybridized carbons (Fsp3) is 0.867. The lowest BCUT2D eigenvalue weighted by molar-refractivity contribution is -0.125. The molecular weight excluding hydrogens is 883 g/mol. The second-order valence-electron chi connectivity index (χ2n) is 15.5. The topological polar surface area (TPSA) is 352 Å². The van der Waals surface area contributed by atoms with Gasteiger partial charge in [0.2, 0.25) is 35.4 Å². The van der Waals surface area contributed by atoms with E-state index >= 15 is 0 Å². The van der Waals surface area contributed by atoms with Gasteiger partial charge >= 0.3 is 0 Å². The second kappa shape index (κ2) is 54.3. The molecule has 0 heterocycles. The third-order valence-electron chi connectivity index (χ3n) is 9.19. The van der Waals surface area contributed by atoms with Crippen LogP contribution in [0.3, 0.4) is 0 Å². The molecule has 0 aliphatic carbocycles. The van der Waals surface area contributed by atoms with Crippen molar-refractivity contribution >= 4 is 35.4 Å². The summed E-state index contributed by atoms with van der Waals surface area (Å²) in [6.45, 7) is 20.9. The van der Waals surface area contributed by atoms with Crippen LogP contribution in [0.4, 0.5) is 0 Å². The van der Waals surface area contributed by atoms with Crippen LogP contribution in [-0.4, -0.2) is 192 Å². The first kappa shape index (κ1) is 68.6. The Labute approximate surface area is 408 Å². The quantitative estimate of drug-likeness (QED) is 0.0279. The molecule has 23 heteroatoms. The van der Waals surface area contributed by atoms with Gasteiger partial charge in [-0.3, -0.25) is 28.8 Å². The van der Waals surface area contributed by atoms with Crippen LogP contribution in [0.15, 0.2) is 0 Å². The van der Waals surface area contributed by atoms with Gasteiger partial charge in [0, 0.05) is 118 Å². The van der Waals surface area contributed by atoms with Crippen LogP contribution in [0.25, 0.3) is 0 Å². The second-order valence-corrected chi connectivity index (χ2v) is 15.5. The summed E-state index contributed by atoms with van der Waals surface area (Å²) < 4.78 is 20.6. The summed E-state index contributed by atoms with van der Waals surface area (Å²) in [4.78, 5) is 69.8. The summed E-state index contributed by atoms with van der Waals surface area (Å²) in [5, 5.41) is 26.0. The molecule has 68 heavy (non-hydrogen) atoms. The minimum absolute atomic E-state index is 0.0583. The molecule has 0 saturated heterocycles. The van der Waals surface area contributed by atoms with Crippen molar-refractivity contribution in [1.29, 1.82) is 0 Å². The third-order valence-corrected chi connectivity index (χ3v) is 9.19. The summed E-state index contributed by atoms with van der Waals surface area (Å²) in [6, 6.07) is -1.95. The average Bonchev–Trinajstić information content (AvgIpc) is 3.33. The maximum Gasteiger partial charge on any atom is 0.236 e. The molecule has 0 saturated carbocycles. The van der Waals surface area contributed by atoms with Crippen LogP contribution in [-0.2, 0) is 47.7 Å². The number of ether oxygens (including phenoxy) is 4. The molecule has 0 spiro atoms. The van der Waals surface area contributed by atoms with Gasteiger partial charge < -0.3 is 89.7 Å². The highest BCUT2D eigenvalue weighted by molar-refractivity contribution is 5.84. The number of carbonyl (C=O) groups excluding carboxylic acids is 6. The number of amides is 6. The van der Waals surface area contributed by atoms with E-state index in [4.69, 9.17) is 41.9 Å². The highest BCUT2D eigenvalue weighted by atomic mass is 16.5. The van der Waals surface area contributed by atoms with Gasteiger partial charge in [0.15, 0.2) is 0 Å². The predicted octanol–water partition coefficient (Wildman–Crippen LogP) is -2.57. The standard InChI is InChI=1S/C16H35N5O4.C16H34N4O4.C13H28N4O2/c1-2-24-12-13-25-11-3-7-21-16(23)14(18)4-5-15(22)20-10-9-19-8-6-17;1-3-7-18-9-10-19-15(21)6-5-14(17)16(22)20-8-4-11-24-13-12-23-2;1-3-7-15-9-10-16-12(18)6-5-11(14)13(19)17-8-4-2/h14,19H,2-13,17-18H2,1H3,(H,20,22)(H,21,23);14,18H,3-13,17H2,1-2H3,(H,19,21)(H,20,22);11,15H,3-10,14H2,1-2H3,(H,16,18)(H,17,19). The molecule has 6 amide bonds. The lowest BCUT2D eigenvalue weighted by Gasteiger charge is -2.12. The zero-order valence-electron chi connectivity index (χ0n) is 42.5. The Morgan fingerprint density at radius 2 is 0.765 bits per heavy atom. The van der Waals surface area contributed by atoms with Crippen LogP contribution in [0.5, 0.6) is 0 Å². The van der Waals surface area contributed by atoms with Gasteiger partial charge in [0.25, 0.3) is 0 Å². The molecule has 0 aliphatic rings. The molecule has 0 fully saturated rings. The van der Waals surface area contributed by atoms with Crippen LogP contribution >= 0.6 is 0 Å². The highest BCUT2D eigenvalue weighted by Gasteiger charge is 2.16. The molecule has 17 N–H and O–H groups in total. The molecule has 402 valence electrons. The van der Waals surface area contributed by atoms with Crippen molar-refractivity contribution in [2.75, 3.05) is 138 Å². The zero-order valence-corrected chi connectivity index (χ0v) is 42.5. The maximum absolute atomic E-state index is 11.8. The van der Waals surface area contributed by atoms with Gasteiger partial charge in [0.1, 0.15) is 0 Å². The van der Waals surface area contributed by atoms with E-state index < -0.39 is 18.1 Å². The molecule has 0 rings (SSSR count). The van der Waals surface area contributed by atoms with Crippen molar-refractivity contribution in [2.45, 2.75) is 116 Å². The predicted molar refractivity (Wildman–Crippen MR) is 267 cm³/mol. The number of hydrogen-bond donors (Lipinski definition) is 13. The Morgan fingerprint density at radius 3 is 1.12 bits per heavy atom. The Bertz CT molecular complexity index is 1210.